The van der Waals surface area contributed by atoms with E-state index in [9.17, 15) is 10.1 Å². The maximum absolute atomic E-state index is 11.2. The highest BCUT2D eigenvalue weighted by molar-refractivity contribution is 9.10. The zero-order chi connectivity index (χ0) is 14.3. The van der Waals surface area contributed by atoms with E-state index in [1.807, 2.05) is 12.1 Å². The lowest BCUT2D eigenvalue weighted by Crippen LogP contribution is -2.46. The minimum Gasteiger partial charge on any atom is -0.328 e. The highest BCUT2D eigenvalue weighted by Crippen LogP contribution is 2.37. The van der Waals surface area contributed by atoms with Crippen LogP contribution in [0.5, 0.6) is 0 Å². The molecule has 0 spiro atoms. The van der Waals surface area contributed by atoms with Gasteiger partial charge in [-0.25, -0.2) is 0 Å². The number of halogens is 1. The molecule has 1 aromatic carbocycles. The summed E-state index contributed by atoms with van der Waals surface area (Å²) in [6.45, 7) is 0.658. The molecular formula is C14H18BrN3O2. The summed E-state index contributed by atoms with van der Waals surface area (Å²) in [6.07, 6.45) is 4.37. The minimum atomic E-state index is -0.294. The molecule has 20 heavy (non-hydrogen) atoms. The van der Waals surface area contributed by atoms with Crippen LogP contribution in [0, 0.1) is 10.1 Å². The number of nitro groups is 1. The van der Waals surface area contributed by atoms with Crippen molar-refractivity contribution in [1.82, 2.24) is 4.90 Å². The largest absolute Gasteiger partial charge is 0.328 e. The second-order valence-electron chi connectivity index (χ2n) is 5.82. The van der Waals surface area contributed by atoms with E-state index < -0.39 is 0 Å². The van der Waals surface area contributed by atoms with E-state index in [0.717, 1.165) is 22.9 Å². The van der Waals surface area contributed by atoms with Crippen LogP contribution in [0.15, 0.2) is 22.7 Å². The highest BCUT2D eigenvalue weighted by atomic mass is 79.9. The third kappa shape index (κ3) is 2.60. The fraction of sp³-hybridized carbons (Fsp3) is 0.571. The summed E-state index contributed by atoms with van der Waals surface area (Å²) in [4.78, 5) is 13.3. The molecule has 2 N–H and O–H groups in total. The van der Waals surface area contributed by atoms with Crippen LogP contribution in [0.4, 0.5) is 5.69 Å². The first-order valence-corrected chi connectivity index (χ1v) is 7.78. The van der Waals surface area contributed by atoms with Crippen molar-refractivity contribution >= 4 is 21.6 Å². The average molecular weight is 340 g/mol. The smallest absolute Gasteiger partial charge is 0.275 e. The fourth-order valence-electron chi connectivity index (χ4n) is 3.61. The van der Waals surface area contributed by atoms with Crippen LogP contribution in [0.2, 0.25) is 0 Å². The van der Waals surface area contributed by atoms with E-state index in [0.29, 0.717) is 24.7 Å². The molecule has 5 nitrogen and oxygen atoms in total. The van der Waals surface area contributed by atoms with Gasteiger partial charge >= 0.3 is 0 Å². The van der Waals surface area contributed by atoms with Crippen molar-refractivity contribution < 1.29 is 4.92 Å². The summed E-state index contributed by atoms with van der Waals surface area (Å²) in [5.41, 5.74) is 7.07. The zero-order valence-electron chi connectivity index (χ0n) is 11.2. The Hall–Kier alpha value is -0.980. The topological polar surface area (TPSA) is 72.4 Å². The molecule has 3 rings (SSSR count). The summed E-state index contributed by atoms with van der Waals surface area (Å²) in [6, 6.07) is 6.60. The molecule has 6 heteroatoms. The Morgan fingerprint density at radius 2 is 2.00 bits per heavy atom. The Bertz CT molecular complexity index is 523. The number of nitrogens with two attached hydrogens (primary N) is 1. The van der Waals surface area contributed by atoms with Crippen LogP contribution < -0.4 is 5.73 Å². The Labute approximate surface area is 126 Å². The number of hydrogen-bond acceptors (Lipinski definition) is 4. The van der Waals surface area contributed by atoms with Crippen LogP contribution >= 0.6 is 15.9 Å². The minimum absolute atomic E-state index is 0.202. The SMILES string of the molecule is NC1CC2CCC(C1)N2Cc1ccc(Br)cc1[N+](=O)[O-]. The first-order valence-electron chi connectivity index (χ1n) is 6.98. The van der Waals surface area contributed by atoms with Gasteiger partial charge in [-0.1, -0.05) is 15.9 Å². The number of rotatable bonds is 3. The molecule has 0 aliphatic carbocycles. The van der Waals surface area contributed by atoms with Gasteiger partial charge in [0, 0.05) is 40.8 Å². The summed E-state index contributed by atoms with van der Waals surface area (Å²) in [5, 5.41) is 11.2. The van der Waals surface area contributed by atoms with E-state index in [-0.39, 0.29) is 10.6 Å². The van der Waals surface area contributed by atoms with Gasteiger partial charge in [0.25, 0.3) is 5.69 Å². The van der Waals surface area contributed by atoms with E-state index >= 15 is 0 Å². The van der Waals surface area contributed by atoms with Crippen molar-refractivity contribution in [2.24, 2.45) is 5.73 Å². The van der Waals surface area contributed by atoms with Gasteiger partial charge in [-0.3, -0.25) is 15.0 Å². The van der Waals surface area contributed by atoms with Crippen molar-refractivity contribution in [3.63, 3.8) is 0 Å². The van der Waals surface area contributed by atoms with Crippen LogP contribution in [0.1, 0.15) is 31.2 Å². The summed E-state index contributed by atoms with van der Waals surface area (Å²) in [7, 11) is 0. The molecule has 0 radical (unpaired) electrons. The fourth-order valence-corrected chi connectivity index (χ4v) is 3.96. The number of nitro benzene ring substituents is 1. The Balaban J connectivity index is 1.84. The first kappa shape index (κ1) is 14.0. The summed E-state index contributed by atoms with van der Waals surface area (Å²) in [5.74, 6) is 0. The molecule has 0 amide bonds. The Morgan fingerprint density at radius 3 is 2.60 bits per heavy atom. The summed E-state index contributed by atoms with van der Waals surface area (Å²) >= 11 is 3.30. The molecule has 2 bridgehead atoms. The van der Waals surface area contributed by atoms with Gasteiger partial charge in [-0.2, -0.15) is 0 Å². The molecule has 2 heterocycles. The lowest BCUT2D eigenvalue weighted by molar-refractivity contribution is -0.385. The van der Waals surface area contributed by atoms with Gasteiger partial charge < -0.3 is 5.73 Å². The predicted octanol–water partition coefficient (Wildman–Crippen LogP) is 2.81. The molecular weight excluding hydrogens is 322 g/mol. The van der Waals surface area contributed by atoms with Crippen molar-refractivity contribution in [2.45, 2.75) is 50.4 Å². The normalized spacial score (nSPS) is 29.6. The molecule has 108 valence electrons. The monoisotopic (exact) mass is 339 g/mol. The van der Waals surface area contributed by atoms with E-state index in [1.54, 1.807) is 6.07 Å². The molecule has 0 saturated carbocycles. The lowest BCUT2D eigenvalue weighted by Gasteiger charge is -2.37. The van der Waals surface area contributed by atoms with E-state index in [1.165, 1.54) is 12.8 Å². The quantitative estimate of drug-likeness (QED) is 0.678. The second kappa shape index (κ2) is 5.42. The van der Waals surface area contributed by atoms with Crippen molar-refractivity contribution in [3.8, 4) is 0 Å². The van der Waals surface area contributed by atoms with Gasteiger partial charge in [0.1, 0.15) is 0 Å². The van der Waals surface area contributed by atoms with Gasteiger partial charge in [0.15, 0.2) is 0 Å². The third-order valence-electron chi connectivity index (χ3n) is 4.52. The number of fused-ring (bicyclic) bond motifs is 2. The molecule has 2 aliphatic rings. The van der Waals surface area contributed by atoms with Gasteiger partial charge in [0.2, 0.25) is 0 Å². The van der Waals surface area contributed by atoms with Crippen molar-refractivity contribution in [2.75, 3.05) is 0 Å². The Kier molecular flexibility index (Phi) is 3.79. The molecule has 1 aromatic rings. The molecule has 2 fully saturated rings. The van der Waals surface area contributed by atoms with E-state index in [4.69, 9.17) is 5.73 Å². The van der Waals surface area contributed by atoms with E-state index in [2.05, 4.69) is 20.8 Å². The van der Waals surface area contributed by atoms with Crippen LogP contribution in [0.25, 0.3) is 0 Å². The van der Waals surface area contributed by atoms with Crippen LogP contribution in [-0.4, -0.2) is 27.9 Å². The molecule has 2 atom stereocenters. The third-order valence-corrected chi connectivity index (χ3v) is 5.01. The standard InChI is InChI=1S/C14H18BrN3O2/c15-10-2-1-9(14(5-10)18(19)20)8-17-12-3-4-13(17)7-11(16)6-12/h1-2,5,11-13H,3-4,6-8,16H2. The zero-order valence-corrected chi connectivity index (χ0v) is 12.8. The Morgan fingerprint density at radius 1 is 1.35 bits per heavy atom. The van der Waals surface area contributed by atoms with Gasteiger partial charge in [-0.15, -0.1) is 0 Å². The predicted molar refractivity (Wildman–Crippen MR) is 80.4 cm³/mol. The van der Waals surface area contributed by atoms with Crippen molar-refractivity contribution in [1.29, 1.82) is 0 Å². The maximum Gasteiger partial charge on any atom is 0.275 e. The maximum atomic E-state index is 11.2. The van der Waals surface area contributed by atoms with Crippen LogP contribution in [0.3, 0.4) is 0 Å². The number of piperidine rings is 1. The lowest BCUT2D eigenvalue weighted by atomic mass is 9.97. The van der Waals surface area contributed by atoms with Gasteiger partial charge in [-0.05, 0) is 37.8 Å². The highest BCUT2D eigenvalue weighted by Gasteiger charge is 2.40. The van der Waals surface area contributed by atoms with Gasteiger partial charge in [0.05, 0.1) is 4.92 Å². The number of nitrogens with zero attached hydrogens (tertiary/aromatic N) is 2. The molecule has 2 unspecified atom stereocenters. The number of hydrogen-bond donors (Lipinski definition) is 1. The second-order valence-corrected chi connectivity index (χ2v) is 6.73. The molecule has 2 saturated heterocycles. The van der Waals surface area contributed by atoms with Crippen LogP contribution in [-0.2, 0) is 6.54 Å². The molecule has 0 aromatic heterocycles. The molecule has 2 aliphatic heterocycles. The number of benzene rings is 1. The van der Waals surface area contributed by atoms with Crippen molar-refractivity contribution in [3.05, 3.63) is 38.3 Å². The average Bonchev–Trinajstić information content (AvgIpc) is 2.63. The summed E-state index contributed by atoms with van der Waals surface area (Å²) < 4.78 is 0.747. The first-order chi connectivity index (χ1) is 9.54.